The van der Waals surface area contributed by atoms with Gasteiger partial charge in [-0.2, -0.15) is 0 Å². The molecule has 32 heavy (non-hydrogen) atoms. The van der Waals surface area contributed by atoms with E-state index in [0.717, 1.165) is 49.9 Å². The summed E-state index contributed by atoms with van der Waals surface area (Å²) in [6.07, 6.45) is 14.2. The number of hydrogen-bond acceptors (Lipinski definition) is 3. The van der Waals surface area contributed by atoms with Crippen LogP contribution in [-0.2, 0) is 4.74 Å². The monoisotopic (exact) mass is 448 g/mol. The molecule has 3 nitrogen and oxygen atoms in total. The minimum Gasteiger partial charge on any atom is -0.393 e. The Morgan fingerprint density at radius 3 is 2.28 bits per heavy atom. The average Bonchev–Trinajstić information content (AvgIpc) is 3.12. The first-order valence-corrected chi connectivity index (χ1v) is 14.0. The van der Waals surface area contributed by atoms with E-state index >= 15 is 0 Å². The van der Waals surface area contributed by atoms with Crippen LogP contribution in [0.2, 0.25) is 0 Å². The zero-order valence-electron chi connectivity index (χ0n) is 21.9. The fourth-order valence-electron chi connectivity index (χ4n) is 9.45. The van der Waals surface area contributed by atoms with Crippen molar-refractivity contribution in [2.24, 2.45) is 46.3 Å². The van der Waals surface area contributed by atoms with Crippen LogP contribution in [0, 0.1) is 46.3 Å². The molecular formula is C29H52O3. The minimum atomic E-state index is -0.398. The molecule has 0 aromatic carbocycles. The van der Waals surface area contributed by atoms with Crippen molar-refractivity contribution < 1.29 is 14.9 Å². The summed E-state index contributed by atoms with van der Waals surface area (Å²) < 4.78 is 6.12. The summed E-state index contributed by atoms with van der Waals surface area (Å²) in [5.74, 6) is 4.23. The largest absolute Gasteiger partial charge is 0.393 e. The second kappa shape index (κ2) is 9.15. The van der Waals surface area contributed by atoms with E-state index in [-0.39, 0.29) is 12.2 Å². The minimum absolute atomic E-state index is 0.211. The Bertz CT molecular complexity index is 648. The second-order valence-corrected chi connectivity index (χ2v) is 13.3. The standard InChI is InChI=1S/C29H52O3/c1-7-29(31)17-16-27(4)20(18-29)8-9-21-22-10-11-24(28(22,5)15-14-23(21)27)26(32-6)13-12-25(30)19(2)3/h19-26,30-31H,7-18H2,1-6H3/t20-,21-,22-,23-,24+,25+,26+,27-,28-,29-/m0/s1. The van der Waals surface area contributed by atoms with Gasteiger partial charge in [-0.25, -0.2) is 0 Å². The Kier molecular flexibility index (Phi) is 7.15. The molecule has 2 N–H and O–H groups in total. The molecule has 0 bridgehead atoms. The molecule has 0 aromatic rings. The fraction of sp³-hybridized carbons (Fsp3) is 1.00. The van der Waals surface area contributed by atoms with E-state index in [0.29, 0.717) is 28.6 Å². The van der Waals surface area contributed by atoms with E-state index in [1.807, 2.05) is 7.11 Å². The molecule has 4 fully saturated rings. The van der Waals surface area contributed by atoms with Crippen molar-refractivity contribution in [1.82, 2.24) is 0 Å². The van der Waals surface area contributed by atoms with Crippen molar-refractivity contribution in [2.75, 3.05) is 7.11 Å². The van der Waals surface area contributed by atoms with Gasteiger partial charge in [-0.15, -0.1) is 0 Å². The van der Waals surface area contributed by atoms with E-state index in [1.165, 1.54) is 44.9 Å². The highest BCUT2D eigenvalue weighted by molar-refractivity contribution is 5.11. The van der Waals surface area contributed by atoms with Crippen LogP contribution in [0.5, 0.6) is 0 Å². The van der Waals surface area contributed by atoms with Crippen LogP contribution in [0.15, 0.2) is 0 Å². The summed E-state index contributed by atoms with van der Waals surface area (Å²) in [7, 11) is 1.90. The van der Waals surface area contributed by atoms with Crippen LogP contribution in [0.4, 0.5) is 0 Å². The molecule has 4 rings (SSSR count). The van der Waals surface area contributed by atoms with Crippen LogP contribution >= 0.6 is 0 Å². The molecule has 0 spiro atoms. The molecule has 3 heteroatoms. The maximum atomic E-state index is 11.0. The van der Waals surface area contributed by atoms with Crippen molar-refractivity contribution in [3.05, 3.63) is 0 Å². The van der Waals surface area contributed by atoms with Crippen LogP contribution < -0.4 is 0 Å². The average molecular weight is 449 g/mol. The smallest absolute Gasteiger partial charge is 0.0648 e. The third-order valence-electron chi connectivity index (χ3n) is 11.8. The molecule has 0 unspecified atom stereocenters. The molecule has 0 amide bonds. The lowest BCUT2D eigenvalue weighted by Gasteiger charge is -2.62. The molecular weight excluding hydrogens is 396 g/mol. The normalized spacial score (nSPS) is 48.1. The van der Waals surface area contributed by atoms with Crippen molar-refractivity contribution in [3.63, 3.8) is 0 Å². The summed E-state index contributed by atoms with van der Waals surface area (Å²) in [6.45, 7) is 11.6. The molecule has 4 aliphatic carbocycles. The highest BCUT2D eigenvalue weighted by atomic mass is 16.5. The highest BCUT2D eigenvalue weighted by Crippen LogP contribution is 2.68. The number of hydrogen-bond donors (Lipinski definition) is 2. The second-order valence-electron chi connectivity index (χ2n) is 13.3. The summed E-state index contributed by atoms with van der Waals surface area (Å²) >= 11 is 0. The third kappa shape index (κ3) is 4.11. The van der Waals surface area contributed by atoms with Crippen LogP contribution in [0.1, 0.15) is 112 Å². The van der Waals surface area contributed by atoms with Gasteiger partial charge in [0.15, 0.2) is 0 Å². The van der Waals surface area contributed by atoms with Crippen molar-refractivity contribution >= 4 is 0 Å². The van der Waals surface area contributed by atoms with Gasteiger partial charge in [0.2, 0.25) is 0 Å². The highest BCUT2D eigenvalue weighted by Gasteiger charge is 2.61. The Labute approximate surface area is 198 Å². The van der Waals surface area contributed by atoms with Gasteiger partial charge in [-0.05, 0) is 123 Å². The lowest BCUT2D eigenvalue weighted by molar-refractivity contribution is -0.156. The zero-order valence-corrected chi connectivity index (χ0v) is 21.9. The number of ether oxygens (including phenoxy) is 1. The Balaban J connectivity index is 1.48. The molecule has 0 aromatic heterocycles. The number of rotatable bonds is 7. The van der Waals surface area contributed by atoms with Crippen LogP contribution in [-0.4, -0.2) is 35.1 Å². The zero-order chi connectivity index (χ0) is 23.3. The van der Waals surface area contributed by atoms with Gasteiger partial charge in [0.1, 0.15) is 0 Å². The van der Waals surface area contributed by atoms with Gasteiger partial charge in [-0.1, -0.05) is 34.6 Å². The van der Waals surface area contributed by atoms with E-state index in [9.17, 15) is 10.2 Å². The molecule has 4 saturated carbocycles. The van der Waals surface area contributed by atoms with E-state index < -0.39 is 5.60 Å². The summed E-state index contributed by atoms with van der Waals surface area (Å²) in [5, 5.41) is 21.4. The molecule has 10 atom stereocenters. The summed E-state index contributed by atoms with van der Waals surface area (Å²) in [5.41, 5.74) is 0.434. The van der Waals surface area contributed by atoms with Crippen molar-refractivity contribution in [3.8, 4) is 0 Å². The van der Waals surface area contributed by atoms with Crippen molar-refractivity contribution in [1.29, 1.82) is 0 Å². The van der Waals surface area contributed by atoms with Gasteiger partial charge in [0.25, 0.3) is 0 Å². The lowest BCUT2D eigenvalue weighted by Crippen LogP contribution is -2.56. The number of methoxy groups -OCH3 is 1. The van der Waals surface area contributed by atoms with E-state index in [1.54, 1.807) is 0 Å². The van der Waals surface area contributed by atoms with E-state index in [2.05, 4.69) is 34.6 Å². The molecule has 0 aliphatic heterocycles. The number of aliphatic hydroxyl groups is 2. The first-order chi connectivity index (χ1) is 15.1. The fourth-order valence-corrected chi connectivity index (χ4v) is 9.45. The van der Waals surface area contributed by atoms with Crippen LogP contribution in [0.25, 0.3) is 0 Å². The third-order valence-corrected chi connectivity index (χ3v) is 11.8. The molecule has 4 aliphatic rings. The molecule has 0 saturated heterocycles. The summed E-state index contributed by atoms with van der Waals surface area (Å²) in [4.78, 5) is 0. The van der Waals surface area contributed by atoms with Gasteiger partial charge in [-0.3, -0.25) is 0 Å². The molecule has 0 radical (unpaired) electrons. The Hall–Kier alpha value is -0.120. The first kappa shape index (κ1) is 25.0. The topological polar surface area (TPSA) is 49.7 Å². The van der Waals surface area contributed by atoms with Gasteiger partial charge in [0.05, 0.1) is 17.8 Å². The number of aliphatic hydroxyl groups excluding tert-OH is 1. The maximum Gasteiger partial charge on any atom is 0.0648 e. The predicted molar refractivity (Wildman–Crippen MR) is 131 cm³/mol. The SMILES string of the molecule is CC[C@]1(O)CC[C@@]2(C)[C@@H](CC[C@@H]3[C@@H]2CC[C@]2(C)[C@@H]([C@@H](CC[C@@H](O)C(C)C)OC)CC[C@@H]32)C1. The van der Waals surface area contributed by atoms with Gasteiger partial charge < -0.3 is 14.9 Å². The van der Waals surface area contributed by atoms with Crippen molar-refractivity contribution in [2.45, 2.75) is 129 Å². The first-order valence-electron chi connectivity index (χ1n) is 14.0. The number of fused-ring (bicyclic) bond motifs is 5. The summed E-state index contributed by atoms with van der Waals surface area (Å²) in [6, 6.07) is 0. The Morgan fingerprint density at radius 1 is 0.906 bits per heavy atom. The quantitative estimate of drug-likeness (QED) is 0.461. The molecule has 0 heterocycles. The predicted octanol–water partition coefficient (Wildman–Crippen LogP) is 6.60. The van der Waals surface area contributed by atoms with Crippen LogP contribution in [0.3, 0.4) is 0 Å². The maximum absolute atomic E-state index is 11.0. The molecule has 186 valence electrons. The van der Waals surface area contributed by atoms with Gasteiger partial charge in [0, 0.05) is 7.11 Å². The van der Waals surface area contributed by atoms with Gasteiger partial charge >= 0.3 is 0 Å². The van der Waals surface area contributed by atoms with E-state index in [4.69, 9.17) is 4.74 Å². The lowest BCUT2D eigenvalue weighted by atomic mass is 9.43. The Morgan fingerprint density at radius 2 is 1.62 bits per heavy atom.